The monoisotopic (exact) mass is 301 g/mol. The third-order valence-corrected chi connectivity index (χ3v) is 4.56. The predicted molar refractivity (Wildman–Crippen MR) is 73.4 cm³/mol. The average Bonchev–Trinajstić information content (AvgIpc) is 2.73. The van der Waals surface area contributed by atoms with E-state index in [2.05, 4.69) is 10.3 Å². The summed E-state index contributed by atoms with van der Waals surface area (Å²) in [6, 6.07) is 4.24. The van der Waals surface area contributed by atoms with E-state index in [-0.39, 0.29) is 17.4 Å². The van der Waals surface area contributed by atoms with Gasteiger partial charge in [-0.05, 0) is 31.0 Å². The molecule has 0 spiro atoms. The van der Waals surface area contributed by atoms with Gasteiger partial charge in [-0.3, -0.25) is 19.5 Å². The minimum atomic E-state index is -1.10. The first-order chi connectivity index (χ1) is 10.4. The smallest absolute Gasteiger partial charge is 0.335 e. The molecule has 1 aliphatic carbocycles. The Bertz CT molecular complexity index is 916. The lowest BCUT2D eigenvalue weighted by Crippen LogP contribution is -2.68. The van der Waals surface area contributed by atoms with Gasteiger partial charge in [-0.25, -0.2) is 9.59 Å². The van der Waals surface area contributed by atoms with E-state index in [9.17, 15) is 19.2 Å². The van der Waals surface area contributed by atoms with Crippen molar-refractivity contribution in [1.29, 1.82) is 0 Å². The first kappa shape index (κ1) is 12.8. The Morgan fingerprint density at radius 3 is 2.64 bits per heavy atom. The molecule has 0 radical (unpaired) electrons. The molecule has 0 atom stereocenters. The second kappa shape index (κ2) is 3.85. The number of imidazole rings is 1. The zero-order valence-electron chi connectivity index (χ0n) is 11.3. The van der Waals surface area contributed by atoms with Crippen molar-refractivity contribution in [2.24, 2.45) is 5.92 Å². The number of fused-ring (bicyclic) bond motifs is 3. The summed E-state index contributed by atoms with van der Waals surface area (Å²) < 4.78 is 1.34. The number of nitrogens with one attached hydrogen (secondary N) is 2. The number of carbonyl (C=O) groups is 3. The maximum Gasteiger partial charge on any atom is 0.335 e. The van der Waals surface area contributed by atoms with E-state index in [0.29, 0.717) is 23.9 Å². The van der Waals surface area contributed by atoms with Gasteiger partial charge in [0.15, 0.2) is 0 Å². The van der Waals surface area contributed by atoms with Crippen LogP contribution in [0.2, 0.25) is 0 Å². The van der Waals surface area contributed by atoms with Crippen molar-refractivity contribution in [3.8, 4) is 0 Å². The van der Waals surface area contributed by atoms with Crippen LogP contribution in [0, 0.1) is 5.92 Å². The number of piperidine rings is 2. The van der Waals surface area contributed by atoms with Crippen LogP contribution in [-0.4, -0.2) is 32.4 Å². The lowest BCUT2D eigenvalue weighted by molar-refractivity contribution is -0.156. The SMILES string of the molecule is O=C(O)c1ccc2c(c1)[nH]c(=O)n2C12CC(C1)C(=O)NC2=O. The normalized spacial score (nSPS) is 26.6. The number of rotatable bonds is 2. The molecule has 2 aromatic rings. The molecular formula is C14H11N3O5. The lowest BCUT2D eigenvalue weighted by atomic mass is 9.64. The average molecular weight is 301 g/mol. The van der Waals surface area contributed by atoms with Gasteiger partial charge < -0.3 is 10.1 Å². The largest absolute Gasteiger partial charge is 0.478 e. The highest BCUT2D eigenvalue weighted by molar-refractivity contribution is 6.06. The standard InChI is InChI=1S/C14H11N3O5/c18-10-7-4-14(5-7,12(21)16-10)17-9-2-1-6(11(19)20)3-8(9)15-13(17)22/h1-3,7H,4-5H2,(H,15,22)(H,19,20)(H,16,18,21). The van der Waals surface area contributed by atoms with Gasteiger partial charge in [0, 0.05) is 5.92 Å². The summed E-state index contributed by atoms with van der Waals surface area (Å²) in [6.07, 6.45) is 0.594. The highest BCUT2D eigenvalue weighted by Crippen LogP contribution is 2.47. The van der Waals surface area contributed by atoms with Crippen molar-refractivity contribution in [2.75, 3.05) is 0 Å². The van der Waals surface area contributed by atoms with Crippen LogP contribution >= 0.6 is 0 Å². The summed E-state index contributed by atoms with van der Waals surface area (Å²) in [4.78, 5) is 49.6. The summed E-state index contributed by atoms with van der Waals surface area (Å²) in [5, 5.41) is 11.3. The number of hydrogen-bond acceptors (Lipinski definition) is 4. The molecule has 3 N–H and O–H groups in total. The van der Waals surface area contributed by atoms with Crippen molar-refractivity contribution in [3.63, 3.8) is 0 Å². The first-order valence-corrected chi connectivity index (χ1v) is 6.76. The number of H-pyrrole nitrogens is 1. The zero-order valence-corrected chi connectivity index (χ0v) is 11.3. The van der Waals surface area contributed by atoms with Gasteiger partial charge in [0.25, 0.3) is 5.91 Å². The summed E-state index contributed by atoms with van der Waals surface area (Å²) >= 11 is 0. The van der Waals surface area contributed by atoms with Crippen LogP contribution in [0.4, 0.5) is 0 Å². The molecule has 2 bridgehead atoms. The summed E-state index contributed by atoms with van der Waals surface area (Å²) in [6.45, 7) is 0. The number of aromatic nitrogens is 2. The molecule has 1 saturated carbocycles. The predicted octanol–water partition coefficient (Wildman–Crippen LogP) is -0.211. The van der Waals surface area contributed by atoms with E-state index >= 15 is 0 Å². The van der Waals surface area contributed by atoms with Crippen molar-refractivity contribution in [2.45, 2.75) is 18.4 Å². The molecule has 1 aromatic heterocycles. The molecule has 1 aromatic carbocycles. The van der Waals surface area contributed by atoms with E-state index in [1.807, 2.05) is 0 Å². The minimum absolute atomic E-state index is 0.0492. The third-order valence-electron chi connectivity index (χ3n) is 4.56. The minimum Gasteiger partial charge on any atom is -0.478 e. The number of aromatic carboxylic acids is 1. The number of benzene rings is 1. The van der Waals surface area contributed by atoms with Crippen molar-refractivity contribution in [1.82, 2.24) is 14.9 Å². The Morgan fingerprint density at radius 1 is 1.27 bits per heavy atom. The van der Waals surface area contributed by atoms with E-state index in [1.54, 1.807) is 0 Å². The number of amides is 2. The molecule has 8 heteroatoms. The number of aromatic amines is 1. The molecule has 0 unspecified atom stereocenters. The fourth-order valence-electron chi connectivity index (χ4n) is 3.41. The quantitative estimate of drug-likeness (QED) is 0.663. The van der Waals surface area contributed by atoms with Crippen LogP contribution in [0.5, 0.6) is 0 Å². The number of hydrogen-bond donors (Lipinski definition) is 3. The zero-order chi connectivity index (χ0) is 15.6. The lowest BCUT2D eigenvalue weighted by Gasteiger charge is -2.49. The molecule has 3 heterocycles. The van der Waals surface area contributed by atoms with Crippen LogP contribution < -0.4 is 11.0 Å². The van der Waals surface area contributed by atoms with Crippen LogP contribution in [0.25, 0.3) is 11.0 Å². The molecular weight excluding hydrogens is 290 g/mol. The number of nitrogens with zero attached hydrogens (tertiary/aromatic N) is 1. The maximum atomic E-state index is 12.3. The highest BCUT2D eigenvalue weighted by atomic mass is 16.4. The summed E-state index contributed by atoms with van der Waals surface area (Å²) in [5.74, 6) is -2.13. The van der Waals surface area contributed by atoms with Crippen molar-refractivity contribution < 1.29 is 19.5 Å². The Morgan fingerprint density at radius 2 is 2.00 bits per heavy atom. The molecule has 3 fully saturated rings. The third kappa shape index (κ3) is 1.41. The summed E-state index contributed by atoms with van der Waals surface area (Å²) in [5.41, 5.74) is -0.683. The second-order valence-electron chi connectivity index (χ2n) is 5.76. The fraction of sp³-hybridized carbons (Fsp3) is 0.286. The first-order valence-electron chi connectivity index (χ1n) is 6.76. The van der Waals surface area contributed by atoms with Crippen LogP contribution in [0.3, 0.4) is 0 Å². The van der Waals surface area contributed by atoms with Crippen molar-refractivity contribution >= 4 is 28.8 Å². The van der Waals surface area contributed by atoms with Gasteiger partial charge in [-0.1, -0.05) is 0 Å². The number of imide groups is 1. The van der Waals surface area contributed by atoms with Gasteiger partial charge in [-0.15, -0.1) is 0 Å². The van der Waals surface area contributed by atoms with E-state index < -0.39 is 23.1 Å². The Balaban J connectivity index is 1.92. The molecule has 2 aliphatic heterocycles. The van der Waals surface area contributed by atoms with Crippen LogP contribution in [-0.2, 0) is 15.1 Å². The topological polar surface area (TPSA) is 121 Å². The Kier molecular flexibility index (Phi) is 2.24. The second-order valence-corrected chi connectivity index (χ2v) is 5.76. The van der Waals surface area contributed by atoms with Crippen LogP contribution in [0.1, 0.15) is 23.2 Å². The van der Waals surface area contributed by atoms with E-state index in [0.717, 1.165) is 0 Å². The molecule has 2 amide bonds. The Labute approximate surface area is 122 Å². The number of carboxylic acids is 1. The molecule has 8 nitrogen and oxygen atoms in total. The van der Waals surface area contributed by atoms with Gasteiger partial charge >= 0.3 is 11.7 Å². The number of carboxylic acid groups (broad SMARTS) is 1. The number of carbonyl (C=O) groups excluding carboxylic acids is 2. The summed E-state index contributed by atoms with van der Waals surface area (Å²) in [7, 11) is 0. The van der Waals surface area contributed by atoms with Crippen molar-refractivity contribution in [3.05, 3.63) is 34.2 Å². The van der Waals surface area contributed by atoms with E-state index in [4.69, 9.17) is 5.11 Å². The van der Waals surface area contributed by atoms with Gasteiger partial charge in [0.2, 0.25) is 5.91 Å². The van der Waals surface area contributed by atoms with Crippen LogP contribution in [0.15, 0.2) is 23.0 Å². The molecule has 112 valence electrons. The molecule has 3 aliphatic rings. The fourth-order valence-corrected chi connectivity index (χ4v) is 3.41. The molecule has 2 saturated heterocycles. The van der Waals surface area contributed by atoms with Gasteiger partial charge in [-0.2, -0.15) is 0 Å². The Hall–Kier alpha value is -2.90. The van der Waals surface area contributed by atoms with Gasteiger partial charge in [0.1, 0.15) is 5.54 Å². The highest BCUT2D eigenvalue weighted by Gasteiger charge is 2.59. The molecule has 22 heavy (non-hydrogen) atoms. The van der Waals surface area contributed by atoms with Gasteiger partial charge in [0.05, 0.1) is 16.6 Å². The van der Waals surface area contributed by atoms with E-state index in [1.165, 1.54) is 22.8 Å². The maximum absolute atomic E-state index is 12.3. The molecule has 5 rings (SSSR count).